The molecule has 0 saturated carbocycles. The minimum Gasteiger partial charge on any atom is -0.550 e. The number of carbonyl (C=O) groups excluding carboxylic acids is 1. The molecule has 1 atom stereocenters. The van der Waals surface area contributed by atoms with Crippen LogP contribution in [0, 0.1) is 0 Å². The number of carbonyl (C=O) groups is 1. The zero-order chi connectivity index (χ0) is 15.8. The van der Waals surface area contributed by atoms with Gasteiger partial charge in [0.1, 0.15) is 0 Å². The average molecular weight is 339 g/mol. The van der Waals surface area contributed by atoms with Crippen molar-refractivity contribution in [2.45, 2.75) is 109 Å². The van der Waals surface area contributed by atoms with E-state index in [2.05, 4.69) is 6.92 Å². The SMILES string of the molecule is CCCCCCCC(O)CCCCCCCCCC(=O)[O-].[K+]. The number of aliphatic hydroxyl groups excluding tert-OH is 1. The third kappa shape index (κ3) is 21.1. The molecule has 0 aromatic heterocycles. The summed E-state index contributed by atoms with van der Waals surface area (Å²) >= 11 is 0. The summed E-state index contributed by atoms with van der Waals surface area (Å²) in [4.78, 5) is 10.2. The number of carboxylic acid groups (broad SMARTS) is 1. The van der Waals surface area contributed by atoms with E-state index >= 15 is 0 Å². The maximum Gasteiger partial charge on any atom is 1.00 e. The van der Waals surface area contributed by atoms with Gasteiger partial charge in [0.2, 0.25) is 0 Å². The first kappa shape index (κ1) is 25.3. The summed E-state index contributed by atoms with van der Waals surface area (Å²) in [7, 11) is 0. The number of carboxylic acids is 1. The van der Waals surface area contributed by atoms with E-state index in [-0.39, 0.29) is 63.9 Å². The van der Waals surface area contributed by atoms with Crippen LogP contribution in [0.25, 0.3) is 0 Å². The molecule has 126 valence electrons. The van der Waals surface area contributed by atoms with Crippen LogP contribution in [0.4, 0.5) is 0 Å². The van der Waals surface area contributed by atoms with Crippen LogP contribution in [0.1, 0.15) is 103 Å². The Kier molecular flexibility index (Phi) is 23.1. The molecule has 0 heterocycles. The van der Waals surface area contributed by atoms with Crippen LogP contribution >= 0.6 is 0 Å². The molecule has 0 bridgehead atoms. The first-order chi connectivity index (χ1) is 10.2. The summed E-state index contributed by atoms with van der Waals surface area (Å²) in [6, 6.07) is 0. The van der Waals surface area contributed by atoms with Gasteiger partial charge in [-0.3, -0.25) is 0 Å². The minimum atomic E-state index is -0.932. The summed E-state index contributed by atoms with van der Waals surface area (Å²) in [6.07, 6.45) is 15.9. The molecule has 0 amide bonds. The molecule has 0 fully saturated rings. The number of unbranched alkanes of at least 4 members (excludes halogenated alkanes) is 10. The normalized spacial score (nSPS) is 11.9. The second-order valence-corrected chi connectivity index (χ2v) is 6.24. The molecule has 0 saturated heterocycles. The molecule has 4 heteroatoms. The van der Waals surface area contributed by atoms with Crippen molar-refractivity contribution in [1.82, 2.24) is 0 Å². The molecule has 0 rings (SSSR count). The second kappa shape index (κ2) is 20.1. The molecular formula is C18H35KO3. The van der Waals surface area contributed by atoms with Crippen LogP contribution in [0.3, 0.4) is 0 Å². The van der Waals surface area contributed by atoms with E-state index < -0.39 is 5.97 Å². The molecule has 22 heavy (non-hydrogen) atoms. The third-order valence-corrected chi connectivity index (χ3v) is 4.06. The topological polar surface area (TPSA) is 60.4 Å². The van der Waals surface area contributed by atoms with Crippen LogP contribution in [-0.2, 0) is 4.79 Å². The zero-order valence-electron chi connectivity index (χ0n) is 14.9. The van der Waals surface area contributed by atoms with E-state index in [1.165, 1.54) is 51.4 Å². The molecular weight excluding hydrogens is 303 g/mol. The first-order valence-electron chi connectivity index (χ1n) is 9.04. The zero-order valence-corrected chi connectivity index (χ0v) is 18.1. The Labute approximate surface area is 180 Å². The number of aliphatic hydroxyl groups is 1. The third-order valence-electron chi connectivity index (χ3n) is 4.06. The Balaban J connectivity index is 0. The Hall–Kier alpha value is 1.07. The summed E-state index contributed by atoms with van der Waals surface area (Å²) in [6.45, 7) is 2.22. The van der Waals surface area contributed by atoms with Gasteiger partial charge in [-0.25, -0.2) is 0 Å². The summed E-state index contributed by atoms with van der Waals surface area (Å²) < 4.78 is 0. The van der Waals surface area contributed by atoms with E-state index in [1.54, 1.807) is 0 Å². The molecule has 0 aromatic carbocycles. The Bertz CT molecular complexity index is 234. The van der Waals surface area contributed by atoms with E-state index in [0.29, 0.717) is 0 Å². The quantitative estimate of drug-likeness (QED) is 0.337. The van der Waals surface area contributed by atoms with Crippen molar-refractivity contribution in [3.63, 3.8) is 0 Å². The van der Waals surface area contributed by atoms with E-state index in [1.807, 2.05) is 0 Å². The van der Waals surface area contributed by atoms with Gasteiger partial charge in [-0.1, -0.05) is 77.6 Å². The van der Waals surface area contributed by atoms with Gasteiger partial charge >= 0.3 is 51.4 Å². The molecule has 0 spiro atoms. The maximum absolute atomic E-state index is 10.2. The van der Waals surface area contributed by atoms with Crippen molar-refractivity contribution in [2.24, 2.45) is 0 Å². The van der Waals surface area contributed by atoms with Gasteiger partial charge in [0.25, 0.3) is 0 Å². The van der Waals surface area contributed by atoms with Crippen molar-refractivity contribution in [1.29, 1.82) is 0 Å². The smallest absolute Gasteiger partial charge is 0.550 e. The standard InChI is InChI=1S/C18H36O3.K/c1-2-3-4-8-11-14-17(19)15-12-9-6-5-7-10-13-16-18(20)21;/h17,19H,2-16H2,1H3,(H,20,21);/q;+1/p-1. The molecule has 0 aromatic rings. The Morgan fingerprint density at radius 1 is 0.818 bits per heavy atom. The molecule has 1 unspecified atom stereocenters. The van der Waals surface area contributed by atoms with Gasteiger partial charge in [-0.15, -0.1) is 0 Å². The fraction of sp³-hybridized carbons (Fsp3) is 0.944. The van der Waals surface area contributed by atoms with Crippen LogP contribution in [-0.4, -0.2) is 17.2 Å². The number of hydrogen-bond acceptors (Lipinski definition) is 3. The van der Waals surface area contributed by atoms with Crippen molar-refractivity contribution in [3.8, 4) is 0 Å². The van der Waals surface area contributed by atoms with Crippen molar-refractivity contribution < 1.29 is 66.4 Å². The fourth-order valence-electron chi connectivity index (χ4n) is 2.66. The predicted molar refractivity (Wildman–Crippen MR) is 85.9 cm³/mol. The molecule has 0 aliphatic rings. The summed E-state index contributed by atoms with van der Waals surface area (Å²) in [5.41, 5.74) is 0. The summed E-state index contributed by atoms with van der Waals surface area (Å²) in [5, 5.41) is 20.1. The van der Waals surface area contributed by atoms with Gasteiger partial charge in [0, 0.05) is 5.97 Å². The number of rotatable bonds is 16. The number of hydrogen-bond donors (Lipinski definition) is 1. The van der Waals surface area contributed by atoms with Crippen LogP contribution in [0.15, 0.2) is 0 Å². The molecule has 0 aliphatic heterocycles. The van der Waals surface area contributed by atoms with Crippen LogP contribution < -0.4 is 56.5 Å². The molecule has 3 nitrogen and oxygen atoms in total. The predicted octanol–water partition coefficient (Wildman–Crippen LogP) is 0.973. The second-order valence-electron chi connectivity index (χ2n) is 6.24. The van der Waals surface area contributed by atoms with E-state index in [4.69, 9.17) is 0 Å². The largest absolute Gasteiger partial charge is 1.00 e. The van der Waals surface area contributed by atoms with E-state index in [0.717, 1.165) is 38.5 Å². The van der Waals surface area contributed by atoms with Gasteiger partial charge < -0.3 is 15.0 Å². The van der Waals surface area contributed by atoms with Gasteiger partial charge in [0.05, 0.1) is 6.10 Å². The van der Waals surface area contributed by atoms with Gasteiger partial charge in [0.15, 0.2) is 0 Å². The Morgan fingerprint density at radius 2 is 1.23 bits per heavy atom. The fourth-order valence-corrected chi connectivity index (χ4v) is 2.66. The summed E-state index contributed by atoms with van der Waals surface area (Å²) in [5.74, 6) is -0.932. The first-order valence-corrected chi connectivity index (χ1v) is 9.04. The van der Waals surface area contributed by atoms with E-state index in [9.17, 15) is 15.0 Å². The van der Waals surface area contributed by atoms with Gasteiger partial charge in [-0.2, -0.15) is 0 Å². The molecule has 0 radical (unpaired) electrons. The van der Waals surface area contributed by atoms with Crippen LogP contribution in [0.5, 0.6) is 0 Å². The van der Waals surface area contributed by atoms with Crippen molar-refractivity contribution in [2.75, 3.05) is 0 Å². The Morgan fingerprint density at radius 3 is 1.68 bits per heavy atom. The van der Waals surface area contributed by atoms with Crippen LogP contribution in [0.2, 0.25) is 0 Å². The average Bonchev–Trinajstić information content (AvgIpc) is 2.45. The number of aliphatic carboxylic acids is 1. The molecule has 1 N–H and O–H groups in total. The van der Waals surface area contributed by atoms with Crippen molar-refractivity contribution in [3.05, 3.63) is 0 Å². The van der Waals surface area contributed by atoms with Gasteiger partial charge in [-0.05, 0) is 25.7 Å². The maximum atomic E-state index is 10.2. The molecule has 0 aliphatic carbocycles. The minimum absolute atomic E-state index is 0. The monoisotopic (exact) mass is 338 g/mol. The van der Waals surface area contributed by atoms with Crippen molar-refractivity contribution >= 4 is 5.97 Å².